The van der Waals surface area contributed by atoms with Gasteiger partial charge in [0.15, 0.2) is 0 Å². The number of carbonyl (C=O) groups is 1. The maximum Gasteiger partial charge on any atom is 0.251 e. The lowest BCUT2D eigenvalue weighted by Gasteiger charge is -2.07. The molecule has 1 amide bonds. The Morgan fingerprint density at radius 1 is 1.13 bits per heavy atom. The van der Waals surface area contributed by atoms with Crippen molar-refractivity contribution < 1.29 is 9.53 Å². The van der Waals surface area contributed by atoms with Gasteiger partial charge in [0.05, 0.1) is 7.11 Å². The number of nitrogens with zero attached hydrogens (tertiary/aromatic N) is 2. The van der Waals surface area contributed by atoms with E-state index in [9.17, 15) is 4.79 Å². The number of rotatable bonds is 5. The quantitative estimate of drug-likeness (QED) is 0.783. The van der Waals surface area contributed by atoms with Gasteiger partial charge in [-0.25, -0.2) is 0 Å². The first-order valence-electron chi connectivity index (χ1n) is 7.05. The molecule has 3 aromatic rings. The van der Waals surface area contributed by atoms with E-state index in [1.165, 1.54) is 11.5 Å². The minimum absolute atomic E-state index is 0.111. The lowest BCUT2D eigenvalue weighted by Crippen LogP contribution is -2.22. The lowest BCUT2D eigenvalue weighted by atomic mass is 10.1. The molecule has 0 aliphatic rings. The van der Waals surface area contributed by atoms with Crippen LogP contribution in [0.3, 0.4) is 0 Å². The highest BCUT2D eigenvalue weighted by atomic mass is 32.1. The molecule has 0 bridgehead atoms. The lowest BCUT2D eigenvalue weighted by molar-refractivity contribution is 0.0951. The van der Waals surface area contributed by atoms with Crippen LogP contribution in [0.5, 0.6) is 5.75 Å². The van der Waals surface area contributed by atoms with E-state index >= 15 is 0 Å². The highest BCUT2D eigenvalue weighted by molar-refractivity contribution is 7.03. The molecule has 0 fully saturated rings. The second-order valence-electron chi connectivity index (χ2n) is 4.90. The summed E-state index contributed by atoms with van der Waals surface area (Å²) < 4.78 is 8.93. The maximum atomic E-state index is 12.1. The molecule has 6 heteroatoms. The van der Waals surface area contributed by atoms with E-state index in [1.807, 2.05) is 29.6 Å². The zero-order chi connectivity index (χ0) is 16.1. The number of nitrogens with one attached hydrogen (secondary N) is 1. The normalized spacial score (nSPS) is 10.3. The molecule has 116 valence electrons. The van der Waals surface area contributed by atoms with Crippen molar-refractivity contribution in [1.29, 1.82) is 0 Å². The highest BCUT2D eigenvalue weighted by Gasteiger charge is 2.06. The van der Waals surface area contributed by atoms with Crippen LogP contribution < -0.4 is 10.1 Å². The number of aromatic nitrogens is 2. The van der Waals surface area contributed by atoms with Crippen molar-refractivity contribution in [1.82, 2.24) is 14.9 Å². The Morgan fingerprint density at radius 2 is 1.87 bits per heavy atom. The fourth-order valence-electron chi connectivity index (χ4n) is 2.11. The standard InChI is InChI=1S/C17H15N3O2S/c1-22-15-8-6-14(7-9-15)17(21)18-10-12-2-4-13(5-3-12)16-11-23-20-19-16/h2-9,11H,10H2,1H3,(H,18,21). The Morgan fingerprint density at radius 3 is 2.48 bits per heavy atom. The minimum atomic E-state index is -0.111. The first-order valence-corrected chi connectivity index (χ1v) is 7.88. The fourth-order valence-corrected chi connectivity index (χ4v) is 2.58. The molecule has 0 unspecified atom stereocenters. The SMILES string of the molecule is COc1ccc(C(=O)NCc2ccc(-c3csnn3)cc2)cc1. The summed E-state index contributed by atoms with van der Waals surface area (Å²) in [6.45, 7) is 0.473. The van der Waals surface area contributed by atoms with Gasteiger partial charge in [-0.05, 0) is 41.4 Å². The summed E-state index contributed by atoms with van der Waals surface area (Å²) in [6, 6.07) is 14.9. The van der Waals surface area contributed by atoms with Gasteiger partial charge in [0, 0.05) is 23.1 Å². The van der Waals surface area contributed by atoms with Crippen LogP contribution in [-0.4, -0.2) is 22.6 Å². The van der Waals surface area contributed by atoms with E-state index in [2.05, 4.69) is 14.9 Å². The molecular formula is C17H15N3O2S. The Hall–Kier alpha value is -2.73. The summed E-state index contributed by atoms with van der Waals surface area (Å²) >= 11 is 1.33. The van der Waals surface area contributed by atoms with Gasteiger partial charge in [-0.1, -0.05) is 28.8 Å². The number of carbonyl (C=O) groups excluding carboxylic acids is 1. The molecular weight excluding hydrogens is 310 g/mol. The van der Waals surface area contributed by atoms with Crippen molar-refractivity contribution >= 4 is 17.4 Å². The van der Waals surface area contributed by atoms with Crippen molar-refractivity contribution in [3.8, 4) is 17.0 Å². The molecule has 2 aromatic carbocycles. The third-order valence-corrected chi connectivity index (χ3v) is 3.92. The molecule has 0 radical (unpaired) electrons. The van der Waals surface area contributed by atoms with Crippen LogP contribution in [0.25, 0.3) is 11.3 Å². The van der Waals surface area contributed by atoms with Crippen molar-refractivity contribution in [3.63, 3.8) is 0 Å². The number of benzene rings is 2. The Balaban J connectivity index is 1.60. The van der Waals surface area contributed by atoms with Gasteiger partial charge in [0.25, 0.3) is 5.91 Å². The van der Waals surface area contributed by atoms with E-state index in [0.29, 0.717) is 12.1 Å². The highest BCUT2D eigenvalue weighted by Crippen LogP contribution is 2.18. The molecule has 23 heavy (non-hydrogen) atoms. The maximum absolute atomic E-state index is 12.1. The zero-order valence-electron chi connectivity index (χ0n) is 12.5. The average Bonchev–Trinajstić information content (AvgIpc) is 3.15. The molecule has 0 atom stereocenters. The van der Waals surface area contributed by atoms with E-state index in [1.54, 1.807) is 31.4 Å². The summed E-state index contributed by atoms with van der Waals surface area (Å²) in [7, 11) is 1.60. The second-order valence-corrected chi connectivity index (χ2v) is 5.51. The molecule has 0 aliphatic heterocycles. The molecule has 0 saturated carbocycles. The number of amides is 1. The van der Waals surface area contributed by atoms with Gasteiger partial charge in [0.1, 0.15) is 11.4 Å². The largest absolute Gasteiger partial charge is 0.497 e. The molecule has 0 spiro atoms. The first kappa shape index (κ1) is 15.2. The summed E-state index contributed by atoms with van der Waals surface area (Å²) in [4.78, 5) is 12.1. The van der Waals surface area contributed by atoms with E-state index < -0.39 is 0 Å². The predicted molar refractivity (Wildman–Crippen MR) is 89.5 cm³/mol. The smallest absolute Gasteiger partial charge is 0.251 e. The number of hydrogen-bond acceptors (Lipinski definition) is 5. The van der Waals surface area contributed by atoms with Crippen molar-refractivity contribution in [2.45, 2.75) is 6.54 Å². The Labute approximate surface area is 138 Å². The van der Waals surface area contributed by atoms with Crippen LogP contribution in [0.1, 0.15) is 15.9 Å². The number of ether oxygens (including phenoxy) is 1. The van der Waals surface area contributed by atoms with Crippen LogP contribution in [0, 0.1) is 0 Å². The second kappa shape index (κ2) is 7.02. The fraction of sp³-hybridized carbons (Fsp3) is 0.118. The number of hydrogen-bond donors (Lipinski definition) is 1. The Kier molecular flexibility index (Phi) is 4.63. The summed E-state index contributed by atoms with van der Waals surface area (Å²) in [5.74, 6) is 0.620. The topological polar surface area (TPSA) is 64.1 Å². The minimum Gasteiger partial charge on any atom is -0.497 e. The summed E-state index contributed by atoms with van der Waals surface area (Å²) in [5.41, 5.74) is 3.52. The van der Waals surface area contributed by atoms with Crippen LogP contribution in [0.4, 0.5) is 0 Å². The first-order chi connectivity index (χ1) is 11.3. The van der Waals surface area contributed by atoms with Gasteiger partial charge in [-0.3, -0.25) is 4.79 Å². The van der Waals surface area contributed by atoms with Crippen LogP contribution >= 0.6 is 11.5 Å². The van der Waals surface area contributed by atoms with E-state index in [-0.39, 0.29) is 5.91 Å². The predicted octanol–water partition coefficient (Wildman–Crippen LogP) is 3.14. The van der Waals surface area contributed by atoms with Gasteiger partial charge in [0.2, 0.25) is 0 Å². The molecule has 0 aliphatic carbocycles. The van der Waals surface area contributed by atoms with Crippen molar-refractivity contribution in [3.05, 3.63) is 65.0 Å². The van der Waals surface area contributed by atoms with Gasteiger partial charge < -0.3 is 10.1 Å². The number of methoxy groups -OCH3 is 1. The van der Waals surface area contributed by atoms with Crippen LogP contribution in [-0.2, 0) is 6.54 Å². The average molecular weight is 325 g/mol. The molecule has 3 rings (SSSR count). The van der Waals surface area contributed by atoms with Crippen LogP contribution in [0.15, 0.2) is 53.9 Å². The molecule has 1 N–H and O–H groups in total. The van der Waals surface area contributed by atoms with E-state index in [0.717, 1.165) is 22.6 Å². The molecule has 1 heterocycles. The van der Waals surface area contributed by atoms with Crippen LogP contribution in [0.2, 0.25) is 0 Å². The van der Waals surface area contributed by atoms with Gasteiger partial charge >= 0.3 is 0 Å². The molecule has 0 saturated heterocycles. The Bertz CT molecular complexity index is 769. The van der Waals surface area contributed by atoms with Crippen molar-refractivity contribution in [2.24, 2.45) is 0 Å². The van der Waals surface area contributed by atoms with E-state index in [4.69, 9.17) is 4.74 Å². The summed E-state index contributed by atoms with van der Waals surface area (Å²) in [6.07, 6.45) is 0. The van der Waals surface area contributed by atoms with Crippen molar-refractivity contribution in [2.75, 3.05) is 7.11 Å². The molecule has 5 nitrogen and oxygen atoms in total. The zero-order valence-corrected chi connectivity index (χ0v) is 13.3. The van der Waals surface area contributed by atoms with Gasteiger partial charge in [-0.15, -0.1) is 5.10 Å². The monoisotopic (exact) mass is 325 g/mol. The van der Waals surface area contributed by atoms with Gasteiger partial charge in [-0.2, -0.15) is 0 Å². The third-order valence-electron chi connectivity index (χ3n) is 3.42. The molecule has 1 aromatic heterocycles. The third kappa shape index (κ3) is 3.73. The summed E-state index contributed by atoms with van der Waals surface area (Å²) in [5, 5.41) is 8.84.